The van der Waals surface area contributed by atoms with E-state index in [4.69, 9.17) is 9.15 Å². The van der Waals surface area contributed by atoms with Crippen LogP contribution in [0.15, 0.2) is 71.5 Å². The van der Waals surface area contributed by atoms with E-state index in [9.17, 15) is 9.18 Å². The van der Waals surface area contributed by atoms with Crippen molar-refractivity contribution in [3.8, 4) is 11.5 Å². The molecule has 1 N–H and O–H groups in total. The highest BCUT2D eigenvalue weighted by Gasteiger charge is 2.11. The average molecular weight is 297 g/mol. The smallest absolute Gasteiger partial charge is 0.259 e. The van der Waals surface area contributed by atoms with Gasteiger partial charge in [0.05, 0.1) is 17.5 Å². The molecule has 0 aliphatic rings. The molecule has 0 atom stereocenters. The number of rotatable bonds is 4. The molecule has 0 saturated carbocycles. The fraction of sp³-hybridized carbons (Fsp3) is 0. The van der Waals surface area contributed by atoms with E-state index in [2.05, 4.69) is 5.32 Å². The van der Waals surface area contributed by atoms with Crippen molar-refractivity contribution in [2.45, 2.75) is 0 Å². The Balaban J connectivity index is 1.82. The number of furan rings is 1. The lowest BCUT2D eigenvalue weighted by molar-refractivity contribution is 0.102. The quantitative estimate of drug-likeness (QED) is 0.773. The van der Waals surface area contributed by atoms with Gasteiger partial charge in [-0.2, -0.15) is 0 Å². The lowest BCUT2D eigenvalue weighted by Crippen LogP contribution is -2.11. The monoisotopic (exact) mass is 297 g/mol. The number of carbonyl (C=O) groups excluding carboxylic acids is 1. The number of hydrogen-bond donors (Lipinski definition) is 1. The second-order valence-corrected chi connectivity index (χ2v) is 4.52. The van der Waals surface area contributed by atoms with Gasteiger partial charge >= 0.3 is 0 Å². The van der Waals surface area contributed by atoms with Crippen LogP contribution in [0.5, 0.6) is 11.5 Å². The van der Waals surface area contributed by atoms with Crippen LogP contribution in [-0.4, -0.2) is 5.91 Å². The molecule has 5 heteroatoms. The highest BCUT2D eigenvalue weighted by molar-refractivity contribution is 6.04. The number of hydrogen-bond acceptors (Lipinski definition) is 3. The largest absolute Gasteiger partial charge is 0.472 e. The van der Waals surface area contributed by atoms with E-state index in [1.54, 1.807) is 42.5 Å². The van der Waals surface area contributed by atoms with Crippen LogP contribution in [0.2, 0.25) is 0 Å². The standard InChI is InChI=1S/C17H12FNO3/c18-13-4-3-5-14(10-13)22-16-7-2-1-6-15(16)19-17(20)12-8-9-21-11-12/h1-11H,(H,19,20). The molecule has 22 heavy (non-hydrogen) atoms. The molecule has 0 spiro atoms. The number of nitrogens with one attached hydrogen (secondary N) is 1. The van der Waals surface area contributed by atoms with Crippen LogP contribution in [0.25, 0.3) is 0 Å². The van der Waals surface area contributed by atoms with Crippen LogP contribution in [0.1, 0.15) is 10.4 Å². The minimum Gasteiger partial charge on any atom is -0.472 e. The average Bonchev–Trinajstić information content (AvgIpc) is 3.04. The van der Waals surface area contributed by atoms with Crippen LogP contribution >= 0.6 is 0 Å². The minimum absolute atomic E-state index is 0.316. The first-order chi connectivity index (χ1) is 10.7. The van der Waals surface area contributed by atoms with Crippen LogP contribution < -0.4 is 10.1 Å². The van der Waals surface area contributed by atoms with Gasteiger partial charge in [0.1, 0.15) is 17.8 Å². The molecule has 1 amide bonds. The summed E-state index contributed by atoms with van der Waals surface area (Å²) < 4.78 is 23.7. The fourth-order valence-electron chi connectivity index (χ4n) is 1.90. The predicted octanol–water partition coefficient (Wildman–Crippen LogP) is 4.46. The van der Waals surface area contributed by atoms with Crippen molar-refractivity contribution in [1.82, 2.24) is 0 Å². The van der Waals surface area contributed by atoms with Gasteiger partial charge in [0.15, 0.2) is 5.75 Å². The number of amides is 1. The zero-order valence-electron chi connectivity index (χ0n) is 11.5. The van der Waals surface area contributed by atoms with Crippen molar-refractivity contribution in [3.05, 3.63) is 78.5 Å². The summed E-state index contributed by atoms with van der Waals surface area (Å²) in [5.41, 5.74) is 0.888. The molecule has 0 radical (unpaired) electrons. The van der Waals surface area contributed by atoms with E-state index in [0.717, 1.165) is 0 Å². The summed E-state index contributed by atoms with van der Waals surface area (Å²) in [6, 6.07) is 14.3. The molecule has 1 aromatic heterocycles. The van der Waals surface area contributed by atoms with E-state index in [1.165, 1.54) is 24.7 Å². The van der Waals surface area contributed by atoms with Crippen molar-refractivity contribution in [2.75, 3.05) is 5.32 Å². The van der Waals surface area contributed by atoms with Gasteiger partial charge < -0.3 is 14.5 Å². The summed E-state index contributed by atoms with van der Waals surface area (Å²) in [5.74, 6) is 0.0661. The van der Waals surface area contributed by atoms with Crippen molar-refractivity contribution in [2.24, 2.45) is 0 Å². The number of halogens is 1. The van der Waals surface area contributed by atoms with Crippen LogP contribution in [-0.2, 0) is 0 Å². The lowest BCUT2D eigenvalue weighted by Gasteiger charge is -2.11. The Morgan fingerprint density at radius 3 is 2.73 bits per heavy atom. The Bertz CT molecular complexity index is 784. The first kappa shape index (κ1) is 13.9. The van der Waals surface area contributed by atoms with E-state index >= 15 is 0 Å². The van der Waals surface area contributed by atoms with Crippen molar-refractivity contribution in [1.29, 1.82) is 0 Å². The fourth-order valence-corrected chi connectivity index (χ4v) is 1.90. The molecule has 1 heterocycles. The molecule has 0 aliphatic carbocycles. The SMILES string of the molecule is O=C(Nc1ccccc1Oc1cccc(F)c1)c1ccoc1. The highest BCUT2D eigenvalue weighted by Crippen LogP contribution is 2.29. The van der Waals surface area contributed by atoms with Crippen molar-refractivity contribution in [3.63, 3.8) is 0 Å². The maximum atomic E-state index is 13.2. The zero-order chi connectivity index (χ0) is 15.4. The Morgan fingerprint density at radius 1 is 1.09 bits per heavy atom. The normalized spacial score (nSPS) is 10.2. The molecule has 0 fully saturated rings. The Kier molecular flexibility index (Phi) is 3.87. The Morgan fingerprint density at radius 2 is 1.95 bits per heavy atom. The first-order valence-electron chi connectivity index (χ1n) is 6.58. The molecule has 0 bridgehead atoms. The number of benzene rings is 2. The lowest BCUT2D eigenvalue weighted by atomic mass is 10.2. The molecular formula is C17H12FNO3. The number of para-hydroxylation sites is 2. The Hall–Kier alpha value is -3.08. The number of ether oxygens (including phenoxy) is 1. The van der Waals surface area contributed by atoms with Gasteiger partial charge in [-0.25, -0.2) is 4.39 Å². The van der Waals surface area contributed by atoms with Gasteiger partial charge in [-0.05, 0) is 30.3 Å². The van der Waals surface area contributed by atoms with E-state index < -0.39 is 5.82 Å². The molecule has 0 saturated heterocycles. The molecule has 0 unspecified atom stereocenters. The zero-order valence-corrected chi connectivity index (χ0v) is 11.5. The summed E-state index contributed by atoms with van der Waals surface area (Å²) in [6.45, 7) is 0. The summed E-state index contributed by atoms with van der Waals surface area (Å²) in [4.78, 5) is 12.0. The predicted molar refractivity (Wildman–Crippen MR) is 79.6 cm³/mol. The molecule has 3 aromatic rings. The van der Waals surface area contributed by atoms with Crippen molar-refractivity contribution >= 4 is 11.6 Å². The summed E-state index contributed by atoms with van der Waals surface area (Å²) in [6.07, 6.45) is 2.77. The van der Waals surface area contributed by atoms with Gasteiger partial charge in [-0.3, -0.25) is 4.79 Å². The third-order valence-electron chi connectivity index (χ3n) is 2.94. The molecule has 0 aliphatic heterocycles. The summed E-state index contributed by atoms with van der Waals surface area (Å²) in [5, 5.41) is 2.73. The van der Waals surface area contributed by atoms with Gasteiger partial charge in [0, 0.05) is 6.07 Å². The van der Waals surface area contributed by atoms with E-state index in [-0.39, 0.29) is 5.91 Å². The number of anilines is 1. The molecular weight excluding hydrogens is 285 g/mol. The maximum Gasteiger partial charge on any atom is 0.259 e. The van der Waals surface area contributed by atoms with E-state index in [1.807, 2.05) is 0 Å². The van der Waals surface area contributed by atoms with Gasteiger partial charge in [0.25, 0.3) is 5.91 Å². The molecule has 2 aromatic carbocycles. The third kappa shape index (κ3) is 3.15. The van der Waals surface area contributed by atoms with Gasteiger partial charge in [0.2, 0.25) is 0 Å². The highest BCUT2D eigenvalue weighted by atomic mass is 19.1. The second kappa shape index (κ2) is 6.13. The third-order valence-corrected chi connectivity index (χ3v) is 2.94. The first-order valence-corrected chi connectivity index (χ1v) is 6.58. The van der Waals surface area contributed by atoms with E-state index in [0.29, 0.717) is 22.7 Å². The van der Waals surface area contributed by atoms with Gasteiger partial charge in [-0.1, -0.05) is 18.2 Å². The van der Waals surface area contributed by atoms with Crippen LogP contribution in [0.4, 0.5) is 10.1 Å². The Labute approximate surface area is 126 Å². The summed E-state index contributed by atoms with van der Waals surface area (Å²) in [7, 11) is 0. The van der Waals surface area contributed by atoms with Gasteiger partial charge in [-0.15, -0.1) is 0 Å². The minimum atomic E-state index is -0.391. The molecule has 4 nitrogen and oxygen atoms in total. The van der Waals surface area contributed by atoms with Crippen LogP contribution in [0.3, 0.4) is 0 Å². The molecule has 110 valence electrons. The second-order valence-electron chi connectivity index (χ2n) is 4.52. The topological polar surface area (TPSA) is 51.5 Å². The van der Waals surface area contributed by atoms with Crippen LogP contribution in [0, 0.1) is 5.82 Å². The molecule has 3 rings (SSSR count). The summed E-state index contributed by atoms with van der Waals surface area (Å²) >= 11 is 0. The van der Waals surface area contributed by atoms with Crippen molar-refractivity contribution < 1.29 is 18.3 Å². The maximum absolute atomic E-state index is 13.2. The number of carbonyl (C=O) groups is 1.